The predicted molar refractivity (Wildman–Crippen MR) is 41.7 cm³/mol. The molecule has 60 valence electrons. The van der Waals surface area contributed by atoms with Gasteiger partial charge in [-0.15, -0.1) is 0 Å². The van der Waals surface area contributed by atoms with Crippen molar-refractivity contribution in [3.8, 4) is 0 Å². The van der Waals surface area contributed by atoms with Crippen LogP contribution in [0.5, 0.6) is 0 Å². The van der Waals surface area contributed by atoms with Gasteiger partial charge in [-0.25, -0.2) is 8.42 Å². The van der Waals surface area contributed by atoms with E-state index in [1.165, 1.54) is 0 Å². The molecule has 0 heterocycles. The fourth-order valence-electron chi connectivity index (χ4n) is 0.957. The van der Waals surface area contributed by atoms with Crippen LogP contribution in [0, 0.1) is 0 Å². The molecule has 1 aliphatic carbocycles. The number of sulfone groups is 1. The third-order valence-corrected chi connectivity index (χ3v) is 4.98. The van der Waals surface area contributed by atoms with E-state index in [1.807, 2.05) is 6.92 Å². The van der Waals surface area contributed by atoms with Crippen molar-refractivity contribution in [2.24, 2.45) is 0 Å². The second-order valence-corrected chi connectivity index (χ2v) is 5.66. The van der Waals surface area contributed by atoms with Crippen molar-refractivity contribution >= 4 is 9.84 Å². The summed E-state index contributed by atoms with van der Waals surface area (Å²) in [5.74, 6) is 0. The molecule has 0 spiro atoms. The fourth-order valence-corrected chi connectivity index (χ4v) is 2.87. The Balaban J connectivity index is 2.67. The summed E-state index contributed by atoms with van der Waals surface area (Å²) in [6, 6.07) is 0. The quantitative estimate of drug-likeness (QED) is 0.628. The van der Waals surface area contributed by atoms with E-state index in [9.17, 15) is 8.42 Å². The maximum atomic E-state index is 11.3. The summed E-state index contributed by atoms with van der Waals surface area (Å²) >= 11 is 0. The van der Waals surface area contributed by atoms with E-state index in [1.54, 1.807) is 6.92 Å². The number of hydrogen-bond donors (Lipinski definition) is 0. The monoisotopic (exact) mass is 162 g/mol. The van der Waals surface area contributed by atoms with Crippen molar-refractivity contribution in [2.75, 3.05) is 0 Å². The Kier molecular flexibility index (Phi) is 2.04. The van der Waals surface area contributed by atoms with Gasteiger partial charge in [-0.2, -0.15) is 0 Å². The Morgan fingerprint density at radius 3 is 2.30 bits per heavy atom. The Labute approximate surface area is 62.5 Å². The molecular weight excluding hydrogens is 148 g/mol. The molecule has 1 unspecified atom stereocenters. The fraction of sp³-hybridized carbons (Fsp3) is 1.00. The van der Waals surface area contributed by atoms with Gasteiger partial charge in [-0.05, 0) is 26.2 Å². The highest BCUT2D eigenvalue weighted by Gasteiger charge is 2.38. The third-order valence-electron chi connectivity index (χ3n) is 2.12. The van der Waals surface area contributed by atoms with Gasteiger partial charge in [-0.3, -0.25) is 0 Å². The first-order valence-corrected chi connectivity index (χ1v) is 5.42. The molecule has 3 heteroatoms. The van der Waals surface area contributed by atoms with E-state index in [-0.39, 0.29) is 10.5 Å². The summed E-state index contributed by atoms with van der Waals surface area (Å²) in [4.78, 5) is 0. The van der Waals surface area contributed by atoms with Gasteiger partial charge in [-0.1, -0.05) is 6.92 Å². The molecule has 0 amide bonds. The van der Waals surface area contributed by atoms with E-state index in [0.717, 1.165) is 19.3 Å². The zero-order chi connectivity index (χ0) is 7.78. The molecule has 0 N–H and O–H groups in total. The first-order valence-electron chi connectivity index (χ1n) is 3.81. The van der Waals surface area contributed by atoms with Crippen molar-refractivity contribution < 1.29 is 8.42 Å². The Hall–Kier alpha value is -0.0500. The average molecular weight is 162 g/mol. The van der Waals surface area contributed by atoms with Gasteiger partial charge in [0.15, 0.2) is 9.84 Å². The van der Waals surface area contributed by atoms with Crippen molar-refractivity contribution in [3.63, 3.8) is 0 Å². The lowest BCUT2D eigenvalue weighted by Crippen LogP contribution is -2.20. The Morgan fingerprint density at radius 1 is 1.50 bits per heavy atom. The molecule has 1 rings (SSSR count). The predicted octanol–water partition coefficient (Wildman–Crippen LogP) is 1.36. The molecule has 1 fully saturated rings. The van der Waals surface area contributed by atoms with Crippen LogP contribution in [-0.2, 0) is 9.84 Å². The van der Waals surface area contributed by atoms with Crippen LogP contribution in [-0.4, -0.2) is 18.9 Å². The molecule has 0 radical (unpaired) electrons. The van der Waals surface area contributed by atoms with Gasteiger partial charge in [0.05, 0.1) is 10.5 Å². The zero-order valence-electron chi connectivity index (χ0n) is 6.50. The summed E-state index contributed by atoms with van der Waals surface area (Å²) in [6.07, 6.45) is 2.54. The lowest BCUT2D eigenvalue weighted by molar-refractivity contribution is 0.579. The van der Waals surface area contributed by atoms with Gasteiger partial charge >= 0.3 is 0 Å². The Morgan fingerprint density at radius 2 is 2.00 bits per heavy atom. The molecule has 0 aromatic carbocycles. The summed E-state index contributed by atoms with van der Waals surface area (Å²) in [7, 11) is -2.72. The van der Waals surface area contributed by atoms with Crippen LogP contribution in [0.1, 0.15) is 33.1 Å². The molecule has 0 bridgehead atoms. The maximum absolute atomic E-state index is 11.3. The number of hydrogen-bond acceptors (Lipinski definition) is 2. The summed E-state index contributed by atoms with van der Waals surface area (Å²) in [5, 5.41) is -0.109. The minimum absolute atomic E-state index is 0.0162. The normalized spacial score (nSPS) is 22.6. The minimum Gasteiger partial charge on any atom is -0.228 e. The first kappa shape index (κ1) is 8.05. The highest BCUT2D eigenvalue weighted by atomic mass is 32.2. The van der Waals surface area contributed by atoms with Crippen LogP contribution >= 0.6 is 0 Å². The molecule has 0 aromatic heterocycles. The van der Waals surface area contributed by atoms with Crippen molar-refractivity contribution in [2.45, 2.75) is 43.6 Å². The molecule has 1 aliphatic rings. The van der Waals surface area contributed by atoms with E-state index in [2.05, 4.69) is 0 Å². The molecule has 1 atom stereocenters. The van der Waals surface area contributed by atoms with Crippen LogP contribution in [0.3, 0.4) is 0 Å². The van der Waals surface area contributed by atoms with E-state index < -0.39 is 9.84 Å². The lowest BCUT2D eigenvalue weighted by atomic mass is 10.4. The van der Waals surface area contributed by atoms with Gasteiger partial charge in [0.2, 0.25) is 0 Å². The van der Waals surface area contributed by atoms with Gasteiger partial charge in [0.25, 0.3) is 0 Å². The van der Waals surface area contributed by atoms with E-state index >= 15 is 0 Å². The first-order chi connectivity index (χ1) is 4.59. The smallest absolute Gasteiger partial charge is 0.155 e. The van der Waals surface area contributed by atoms with Crippen LogP contribution < -0.4 is 0 Å². The van der Waals surface area contributed by atoms with Crippen LogP contribution in [0.2, 0.25) is 0 Å². The molecule has 1 saturated carbocycles. The van der Waals surface area contributed by atoms with Crippen molar-refractivity contribution in [3.05, 3.63) is 0 Å². The molecular formula is C7H14O2S. The van der Waals surface area contributed by atoms with E-state index in [4.69, 9.17) is 0 Å². The molecule has 0 aliphatic heterocycles. The number of rotatable bonds is 3. The standard InChI is InChI=1S/C7H14O2S/c1-3-6(2)10(8,9)7-4-5-7/h6-7H,3-5H2,1-2H3. The van der Waals surface area contributed by atoms with E-state index in [0.29, 0.717) is 0 Å². The maximum Gasteiger partial charge on any atom is 0.155 e. The second-order valence-electron chi connectivity index (χ2n) is 3.01. The lowest BCUT2D eigenvalue weighted by Gasteiger charge is -2.07. The highest BCUT2D eigenvalue weighted by Crippen LogP contribution is 2.31. The van der Waals surface area contributed by atoms with Gasteiger partial charge in [0, 0.05) is 0 Å². The summed E-state index contributed by atoms with van der Waals surface area (Å²) < 4.78 is 22.6. The average Bonchev–Trinajstić information content (AvgIpc) is 2.66. The molecule has 10 heavy (non-hydrogen) atoms. The van der Waals surface area contributed by atoms with Crippen molar-refractivity contribution in [1.29, 1.82) is 0 Å². The van der Waals surface area contributed by atoms with Gasteiger partial charge < -0.3 is 0 Å². The van der Waals surface area contributed by atoms with Crippen LogP contribution in [0.4, 0.5) is 0 Å². The summed E-state index contributed by atoms with van der Waals surface area (Å²) in [5.41, 5.74) is 0. The SMILES string of the molecule is CCC(C)S(=O)(=O)C1CC1. The second kappa shape index (κ2) is 2.53. The molecule has 0 saturated heterocycles. The molecule has 2 nitrogen and oxygen atoms in total. The van der Waals surface area contributed by atoms with Crippen molar-refractivity contribution in [1.82, 2.24) is 0 Å². The van der Waals surface area contributed by atoms with Crippen LogP contribution in [0.15, 0.2) is 0 Å². The zero-order valence-corrected chi connectivity index (χ0v) is 7.32. The van der Waals surface area contributed by atoms with Gasteiger partial charge in [0.1, 0.15) is 0 Å². The molecule has 0 aromatic rings. The van der Waals surface area contributed by atoms with Crippen LogP contribution in [0.25, 0.3) is 0 Å². The Bertz CT molecular complexity index is 202. The minimum atomic E-state index is -2.72. The largest absolute Gasteiger partial charge is 0.228 e. The third kappa shape index (κ3) is 1.34. The topological polar surface area (TPSA) is 34.1 Å². The highest BCUT2D eigenvalue weighted by molar-refractivity contribution is 7.92. The summed E-state index contributed by atoms with van der Waals surface area (Å²) in [6.45, 7) is 3.72.